The molecule has 8 heteroatoms. The average molecular weight is 382 g/mol. The first kappa shape index (κ1) is 20.8. The molecule has 0 spiro atoms. The lowest BCUT2D eigenvalue weighted by Crippen LogP contribution is -2.46. The van der Waals surface area contributed by atoms with Gasteiger partial charge >= 0.3 is 0 Å². The van der Waals surface area contributed by atoms with Crippen molar-refractivity contribution < 1.29 is 19.5 Å². The minimum absolute atomic E-state index is 0.0526. The van der Waals surface area contributed by atoms with Crippen molar-refractivity contribution in [1.29, 1.82) is 0 Å². The fraction of sp³-hybridized carbons (Fsp3) is 0.250. The summed E-state index contributed by atoms with van der Waals surface area (Å²) in [6.07, 6.45) is 0.242. The summed E-state index contributed by atoms with van der Waals surface area (Å²) in [7, 11) is 1.45. The first-order valence-electron chi connectivity index (χ1n) is 8.61. The van der Waals surface area contributed by atoms with Crippen molar-refractivity contribution in [3.63, 3.8) is 0 Å². The van der Waals surface area contributed by atoms with Gasteiger partial charge in [0.2, 0.25) is 5.91 Å². The van der Waals surface area contributed by atoms with Gasteiger partial charge in [-0.15, -0.1) is 5.11 Å². The largest absolute Gasteiger partial charge is 0.508 e. The Morgan fingerprint density at radius 1 is 1.04 bits per heavy atom. The number of hydrogen-bond donors (Lipinski definition) is 2. The highest BCUT2D eigenvalue weighted by Gasteiger charge is 2.23. The molecule has 0 aromatic heterocycles. The Morgan fingerprint density at radius 3 is 2.18 bits per heavy atom. The number of aromatic hydroxyl groups is 1. The van der Waals surface area contributed by atoms with Gasteiger partial charge in [0.1, 0.15) is 11.8 Å². The Labute approximate surface area is 162 Å². The highest BCUT2D eigenvalue weighted by molar-refractivity contribution is 5.94. The van der Waals surface area contributed by atoms with E-state index in [0.29, 0.717) is 11.3 Å². The van der Waals surface area contributed by atoms with Crippen LogP contribution in [-0.2, 0) is 16.0 Å². The first-order valence-corrected chi connectivity index (χ1v) is 8.61. The van der Waals surface area contributed by atoms with E-state index in [2.05, 4.69) is 15.7 Å². The number of rotatable bonds is 7. The molecule has 0 unspecified atom stereocenters. The molecule has 146 valence electrons. The second-order valence-electron chi connectivity index (χ2n) is 6.28. The molecule has 28 heavy (non-hydrogen) atoms. The molecule has 2 N–H and O–H groups in total. The van der Waals surface area contributed by atoms with Gasteiger partial charge in [-0.2, -0.15) is 0 Å². The molecule has 0 bridgehead atoms. The van der Waals surface area contributed by atoms with E-state index in [1.165, 1.54) is 33.0 Å². The Hall–Kier alpha value is -3.55. The standard InChI is InChI=1S/C20H22N4O4/c1-13(25)16-6-8-17(9-7-16)22-23-24(3)20(28)19(21-14(2)26)12-15-4-10-18(27)11-5-15/h4-11,19,27H,12H2,1-3H3,(H,21,26)/t19-/m0/s1. The second-order valence-corrected chi connectivity index (χ2v) is 6.28. The minimum atomic E-state index is -0.828. The smallest absolute Gasteiger partial charge is 0.266 e. The van der Waals surface area contributed by atoms with Crippen LogP contribution in [0.2, 0.25) is 0 Å². The van der Waals surface area contributed by atoms with Crippen molar-refractivity contribution in [2.24, 2.45) is 10.3 Å². The number of phenols is 1. The normalized spacial score (nSPS) is 11.8. The Bertz CT molecular complexity index is 876. The predicted octanol–water partition coefficient (Wildman–Crippen LogP) is 2.80. The van der Waals surface area contributed by atoms with Gasteiger partial charge in [-0.25, -0.2) is 5.01 Å². The summed E-state index contributed by atoms with van der Waals surface area (Å²) in [5, 5.41) is 20.9. The number of carbonyl (C=O) groups excluding carboxylic acids is 3. The Kier molecular flexibility index (Phi) is 6.97. The van der Waals surface area contributed by atoms with Crippen LogP contribution < -0.4 is 5.32 Å². The van der Waals surface area contributed by atoms with Crippen LogP contribution in [0, 0.1) is 0 Å². The summed E-state index contributed by atoms with van der Waals surface area (Å²) in [6, 6.07) is 12.1. The number of phenolic OH excluding ortho intramolecular Hbond substituents is 1. The molecule has 0 saturated heterocycles. The maximum atomic E-state index is 12.7. The molecule has 8 nitrogen and oxygen atoms in total. The van der Waals surface area contributed by atoms with Crippen molar-refractivity contribution in [2.45, 2.75) is 26.3 Å². The minimum Gasteiger partial charge on any atom is -0.508 e. The van der Waals surface area contributed by atoms with Gasteiger partial charge < -0.3 is 10.4 Å². The number of likely N-dealkylation sites (N-methyl/N-ethyl adjacent to an activating group) is 1. The van der Waals surface area contributed by atoms with Crippen molar-refractivity contribution in [3.8, 4) is 5.75 Å². The molecule has 0 aliphatic rings. The van der Waals surface area contributed by atoms with E-state index >= 15 is 0 Å². The summed E-state index contributed by atoms with van der Waals surface area (Å²) in [4.78, 5) is 35.5. The zero-order valence-corrected chi connectivity index (χ0v) is 15.9. The highest BCUT2D eigenvalue weighted by atomic mass is 16.3. The Balaban J connectivity index is 2.09. The van der Waals surface area contributed by atoms with Gasteiger partial charge in [-0.1, -0.05) is 17.4 Å². The molecule has 1 atom stereocenters. The van der Waals surface area contributed by atoms with Crippen LogP contribution in [0.5, 0.6) is 5.75 Å². The van der Waals surface area contributed by atoms with Gasteiger partial charge in [0, 0.05) is 26.0 Å². The van der Waals surface area contributed by atoms with E-state index in [-0.39, 0.29) is 23.9 Å². The molecule has 2 aromatic carbocycles. The van der Waals surface area contributed by atoms with E-state index < -0.39 is 11.9 Å². The quantitative estimate of drug-likeness (QED) is 0.436. The average Bonchev–Trinajstić information content (AvgIpc) is 2.66. The summed E-state index contributed by atoms with van der Waals surface area (Å²) < 4.78 is 0. The van der Waals surface area contributed by atoms with Crippen molar-refractivity contribution in [1.82, 2.24) is 10.3 Å². The maximum absolute atomic E-state index is 12.7. The third kappa shape index (κ3) is 6.01. The van der Waals surface area contributed by atoms with E-state index in [9.17, 15) is 19.5 Å². The molecule has 2 amide bonds. The SMILES string of the molecule is CC(=O)N[C@@H](Cc1ccc(O)cc1)C(=O)N(C)N=Nc1ccc(C(C)=O)cc1. The monoisotopic (exact) mass is 382 g/mol. The fourth-order valence-electron chi connectivity index (χ4n) is 2.46. The molecular formula is C20H22N4O4. The number of carbonyl (C=O) groups is 3. The summed E-state index contributed by atoms with van der Waals surface area (Å²) >= 11 is 0. The summed E-state index contributed by atoms with van der Waals surface area (Å²) in [5.41, 5.74) is 1.82. The topological polar surface area (TPSA) is 111 Å². The van der Waals surface area contributed by atoms with Gasteiger partial charge in [-0.05, 0) is 48.9 Å². The molecule has 0 saturated carbocycles. The lowest BCUT2D eigenvalue weighted by Gasteiger charge is -2.20. The van der Waals surface area contributed by atoms with Gasteiger partial charge in [0.05, 0.1) is 5.69 Å². The number of hydrogen-bond acceptors (Lipinski definition) is 6. The molecule has 0 radical (unpaired) electrons. The lowest BCUT2D eigenvalue weighted by atomic mass is 10.0. The molecular weight excluding hydrogens is 360 g/mol. The fourth-order valence-corrected chi connectivity index (χ4v) is 2.46. The highest BCUT2D eigenvalue weighted by Crippen LogP contribution is 2.15. The number of nitrogens with one attached hydrogen (secondary N) is 1. The molecule has 0 aliphatic carbocycles. The van der Waals surface area contributed by atoms with Crippen LogP contribution in [0.4, 0.5) is 5.69 Å². The zero-order chi connectivity index (χ0) is 20.7. The van der Waals surface area contributed by atoms with E-state index in [1.54, 1.807) is 36.4 Å². The third-order valence-electron chi connectivity index (χ3n) is 3.94. The van der Waals surface area contributed by atoms with Crippen LogP contribution in [0.3, 0.4) is 0 Å². The van der Waals surface area contributed by atoms with E-state index in [0.717, 1.165) is 10.6 Å². The number of nitrogens with zero attached hydrogens (tertiary/aromatic N) is 3. The second kappa shape index (κ2) is 9.40. The van der Waals surface area contributed by atoms with Gasteiger partial charge in [0.25, 0.3) is 5.91 Å². The van der Waals surface area contributed by atoms with Crippen LogP contribution >= 0.6 is 0 Å². The maximum Gasteiger partial charge on any atom is 0.266 e. The predicted molar refractivity (Wildman–Crippen MR) is 103 cm³/mol. The lowest BCUT2D eigenvalue weighted by molar-refractivity contribution is -0.135. The number of ketones is 1. The molecule has 2 aromatic rings. The van der Waals surface area contributed by atoms with Gasteiger partial charge in [0.15, 0.2) is 5.78 Å². The van der Waals surface area contributed by atoms with Gasteiger partial charge in [-0.3, -0.25) is 14.4 Å². The first-order chi connectivity index (χ1) is 13.3. The molecule has 0 heterocycles. The third-order valence-corrected chi connectivity index (χ3v) is 3.94. The molecule has 0 fully saturated rings. The Morgan fingerprint density at radius 2 is 1.64 bits per heavy atom. The van der Waals surface area contributed by atoms with E-state index in [4.69, 9.17) is 0 Å². The van der Waals surface area contributed by atoms with Crippen LogP contribution in [0.1, 0.15) is 29.8 Å². The van der Waals surface area contributed by atoms with Crippen molar-refractivity contribution in [2.75, 3.05) is 7.05 Å². The molecule has 0 aliphatic heterocycles. The van der Waals surface area contributed by atoms with Crippen LogP contribution in [0.15, 0.2) is 58.9 Å². The number of benzene rings is 2. The number of amides is 2. The van der Waals surface area contributed by atoms with Crippen molar-refractivity contribution >= 4 is 23.3 Å². The zero-order valence-electron chi connectivity index (χ0n) is 15.9. The summed E-state index contributed by atoms with van der Waals surface area (Å²) in [5.74, 6) is -0.717. The number of Topliss-reactive ketones (excluding diaryl/α,β-unsaturated/α-hetero) is 1. The summed E-state index contributed by atoms with van der Waals surface area (Å²) in [6.45, 7) is 2.80. The van der Waals surface area contributed by atoms with E-state index in [1.807, 2.05) is 0 Å². The van der Waals surface area contributed by atoms with Crippen LogP contribution in [-0.4, -0.2) is 40.8 Å². The van der Waals surface area contributed by atoms with Crippen molar-refractivity contribution in [3.05, 3.63) is 59.7 Å². The van der Waals surface area contributed by atoms with Crippen LogP contribution in [0.25, 0.3) is 0 Å². The molecule has 2 rings (SSSR count).